The van der Waals surface area contributed by atoms with Gasteiger partial charge in [0.05, 0.1) is 27.8 Å². The molecule has 0 saturated heterocycles. The second-order valence-corrected chi connectivity index (χ2v) is 14.1. The minimum absolute atomic E-state index is 0.0142. The number of ether oxygens (including phenoxy) is 2. The Balaban J connectivity index is 1.05. The quantitative estimate of drug-likeness (QED) is 0.212. The summed E-state index contributed by atoms with van der Waals surface area (Å²) in [5, 5.41) is 13.8. The molecule has 4 atom stereocenters. The van der Waals surface area contributed by atoms with Gasteiger partial charge in [0.1, 0.15) is 17.2 Å². The van der Waals surface area contributed by atoms with Crippen LogP contribution in [-0.2, 0) is 21.4 Å². The third kappa shape index (κ3) is 5.97. The number of benzene rings is 2. The molecule has 0 aliphatic heterocycles. The fourth-order valence-corrected chi connectivity index (χ4v) is 8.11. The van der Waals surface area contributed by atoms with Crippen molar-refractivity contribution in [1.29, 1.82) is 0 Å². The minimum atomic E-state index is -4.83. The lowest BCUT2D eigenvalue weighted by Gasteiger charge is -2.35. The van der Waals surface area contributed by atoms with Crippen LogP contribution in [0.15, 0.2) is 51.9 Å². The van der Waals surface area contributed by atoms with E-state index < -0.39 is 16.4 Å². The number of hydrogen-bond acceptors (Lipinski definition) is 9. The molecule has 43 heavy (non-hydrogen) atoms. The fourth-order valence-electron chi connectivity index (χ4n) is 6.55. The Morgan fingerprint density at radius 3 is 2.51 bits per heavy atom. The van der Waals surface area contributed by atoms with Gasteiger partial charge in [-0.2, -0.15) is 0 Å². The molecule has 3 fully saturated rings. The van der Waals surface area contributed by atoms with E-state index in [1.165, 1.54) is 29.5 Å². The molecule has 2 bridgehead atoms. The number of thiazole rings is 1. The van der Waals surface area contributed by atoms with Gasteiger partial charge in [0.25, 0.3) is 0 Å². The molecular weight excluding hydrogens is 605 g/mol. The molecule has 2 unspecified atom stereocenters. The van der Waals surface area contributed by atoms with Crippen LogP contribution < -0.4 is 15.2 Å². The van der Waals surface area contributed by atoms with Crippen LogP contribution in [0.4, 0.5) is 18.3 Å². The molecule has 9 nitrogen and oxygen atoms in total. The van der Waals surface area contributed by atoms with E-state index in [-0.39, 0.29) is 40.9 Å². The zero-order chi connectivity index (χ0) is 29.9. The zero-order valence-electron chi connectivity index (χ0n) is 22.8. The summed E-state index contributed by atoms with van der Waals surface area (Å²) in [6.45, 7) is 0.192. The van der Waals surface area contributed by atoms with E-state index in [9.17, 15) is 21.6 Å². The summed E-state index contributed by atoms with van der Waals surface area (Å²) in [5.41, 5.74) is 1.93. The van der Waals surface area contributed by atoms with Gasteiger partial charge in [-0.1, -0.05) is 28.6 Å². The highest BCUT2D eigenvalue weighted by atomic mass is 32.2. The summed E-state index contributed by atoms with van der Waals surface area (Å²) in [4.78, 5) is 4.72. The van der Waals surface area contributed by atoms with Crippen molar-refractivity contribution in [2.45, 2.75) is 74.5 Å². The Hall–Kier alpha value is -3.20. The Morgan fingerprint density at radius 2 is 1.81 bits per heavy atom. The molecular formula is C29H29F3N4O5S2. The van der Waals surface area contributed by atoms with Gasteiger partial charge < -0.3 is 19.3 Å². The number of para-hydroxylation sites is 1. The molecule has 7 rings (SSSR count). The van der Waals surface area contributed by atoms with Crippen LogP contribution in [0.1, 0.15) is 55.8 Å². The number of alkyl halides is 3. The van der Waals surface area contributed by atoms with Crippen molar-refractivity contribution in [3.05, 3.63) is 53.8 Å². The van der Waals surface area contributed by atoms with E-state index in [1.807, 2.05) is 0 Å². The molecule has 3 saturated carbocycles. The molecule has 228 valence electrons. The number of nitrogens with two attached hydrogens (primary N) is 1. The smallest absolute Gasteiger partial charge is 0.405 e. The number of aromatic nitrogens is 2. The summed E-state index contributed by atoms with van der Waals surface area (Å²) in [5.74, 6) is 1.27. The number of sulfonamides is 1. The van der Waals surface area contributed by atoms with Crippen LogP contribution in [0.3, 0.4) is 0 Å². The van der Waals surface area contributed by atoms with Gasteiger partial charge in [0.15, 0.2) is 5.13 Å². The lowest BCUT2D eigenvalue weighted by molar-refractivity contribution is -0.274. The topological polar surface area (TPSA) is 130 Å². The summed E-state index contributed by atoms with van der Waals surface area (Å²) < 4.78 is 80.0. The van der Waals surface area contributed by atoms with Gasteiger partial charge >= 0.3 is 6.36 Å². The van der Waals surface area contributed by atoms with Crippen molar-refractivity contribution < 1.29 is 35.6 Å². The molecule has 0 amide bonds. The maximum atomic E-state index is 13.1. The third-order valence-electron chi connectivity index (χ3n) is 8.63. The highest BCUT2D eigenvalue weighted by molar-refractivity contribution is 7.89. The number of anilines is 1. The molecule has 2 aromatic heterocycles. The Bertz CT molecular complexity index is 1760. The average Bonchev–Trinajstić information content (AvgIpc) is 3.50. The van der Waals surface area contributed by atoms with Gasteiger partial charge in [0.2, 0.25) is 10.0 Å². The van der Waals surface area contributed by atoms with Crippen LogP contribution >= 0.6 is 11.3 Å². The van der Waals surface area contributed by atoms with Crippen molar-refractivity contribution >= 4 is 36.7 Å². The van der Waals surface area contributed by atoms with Crippen molar-refractivity contribution in [2.75, 3.05) is 5.32 Å². The number of rotatable bonds is 9. The summed E-state index contributed by atoms with van der Waals surface area (Å²) in [6.07, 6.45) is 0.814. The maximum Gasteiger partial charge on any atom is 0.573 e. The normalized spacial score (nSPS) is 24.0. The Labute approximate surface area is 249 Å². The first-order chi connectivity index (χ1) is 20.5. The first kappa shape index (κ1) is 28.6. The monoisotopic (exact) mass is 634 g/mol. The van der Waals surface area contributed by atoms with Gasteiger partial charge in [-0.3, -0.25) is 0 Å². The fraction of sp³-hybridized carbons (Fsp3) is 0.448. The van der Waals surface area contributed by atoms with Crippen LogP contribution in [0.2, 0.25) is 0 Å². The number of hydrogen-bond donors (Lipinski definition) is 2. The lowest BCUT2D eigenvalue weighted by Crippen LogP contribution is -2.39. The highest BCUT2D eigenvalue weighted by Gasteiger charge is 2.44. The number of fused-ring (bicyclic) bond motifs is 3. The second-order valence-electron chi connectivity index (χ2n) is 11.6. The summed E-state index contributed by atoms with van der Waals surface area (Å²) >= 11 is 1.41. The highest BCUT2D eigenvalue weighted by Crippen LogP contribution is 2.48. The molecule has 3 aliphatic rings. The van der Waals surface area contributed by atoms with Crippen molar-refractivity contribution in [2.24, 2.45) is 17.0 Å². The number of nitrogens with one attached hydrogen (secondary N) is 1. The molecule has 14 heteroatoms. The Kier molecular flexibility index (Phi) is 7.14. The van der Waals surface area contributed by atoms with Crippen LogP contribution in [0.5, 0.6) is 5.75 Å². The largest absolute Gasteiger partial charge is 0.573 e. The summed E-state index contributed by atoms with van der Waals surface area (Å²) in [7, 11) is -3.80. The number of primary sulfonamides is 1. The number of nitrogens with zero attached hydrogens (tertiary/aromatic N) is 2. The molecule has 0 spiro atoms. The summed E-state index contributed by atoms with van der Waals surface area (Å²) in [6, 6.07) is 10.9. The molecule has 3 aliphatic carbocycles. The number of halogens is 3. The van der Waals surface area contributed by atoms with Gasteiger partial charge in [-0.25, -0.2) is 18.5 Å². The van der Waals surface area contributed by atoms with E-state index in [1.54, 1.807) is 24.3 Å². The standard InChI is InChI=1S/C29H29F3N4O5S2/c30-29(31,32)40-23-4-2-1-3-20(23)26-21(27(41-36-26)15-5-6-15)14-39-18-11-16-7-8-17(12-18)25(16)35-28-34-22-10-9-19(43(33,37)38)13-24(22)42-28/h1-4,9-10,13,15-18,25H,5-8,11-12,14H2,(H,34,35)(H2,33,37,38)/t16-,17+,18?,25?. The molecule has 2 aromatic carbocycles. The predicted molar refractivity (Wildman–Crippen MR) is 153 cm³/mol. The van der Waals surface area contributed by atoms with Crippen molar-refractivity contribution in [3.63, 3.8) is 0 Å². The molecule has 4 aromatic rings. The van der Waals surface area contributed by atoms with Gasteiger partial charge in [-0.15, -0.1) is 13.2 Å². The average molecular weight is 635 g/mol. The molecule has 2 heterocycles. The van der Waals surface area contributed by atoms with E-state index in [4.69, 9.17) is 14.4 Å². The second kappa shape index (κ2) is 10.8. The van der Waals surface area contributed by atoms with Gasteiger partial charge in [-0.05, 0) is 80.7 Å². The molecule has 3 N–H and O–H groups in total. The van der Waals surface area contributed by atoms with Crippen LogP contribution in [0.25, 0.3) is 21.5 Å². The van der Waals surface area contributed by atoms with Gasteiger partial charge in [0, 0.05) is 23.1 Å². The van der Waals surface area contributed by atoms with E-state index >= 15 is 0 Å². The first-order valence-corrected chi connectivity index (χ1v) is 16.5. The van der Waals surface area contributed by atoms with Crippen LogP contribution in [-0.4, -0.2) is 37.1 Å². The predicted octanol–water partition coefficient (Wildman–Crippen LogP) is 6.56. The Morgan fingerprint density at radius 1 is 1.07 bits per heavy atom. The van der Waals surface area contributed by atoms with E-state index in [0.717, 1.165) is 48.4 Å². The van der Waals surface area contributed by atoms with E-state index in [0.29, 0.717) is 34.4 Å². The van der Waals surface area contributed by atoms with Crippen molar-refractivity contribution in [3.8, 4) is 17.0 Å². The van der Waals surface area contributed by atoms with E-state index in [2.05, 4.69) is 20.2 Å². The maximum absolute atomic E-state index is 13.1. The zero-order valence-corrected chi connectivity index (χ0v) is 24.5. The molecule has 0 radical (unpaired) electrons. The lowest BCUT2D eigenvalue weighted by atomic mass is 9.82. The first-order valence-electron chi connectivity index (χ1n) is 14.2. The SMILES string of the molecule is NS(=O)(=O)c1ccc2nc(NC3[C@@H]4CC[C@H]3CC(OCc3c(-c5ccccc5OC(F)(F)F)noc3C3CC3)C4)sc2c1. The minimum Gasteiger partial charge on any atom is -0.405 e. The third-order valence-corrected chi connectivity index (χ3v) is 10.5. The van der Waals surface area contributed by atoms with Crippen molar-refractivity contribution in [1.82, 2.24) is 10.1 Å². The van der Waals surface area contributed by atoms with Crippen LogP contribution in [0, 0.1) is 11.8 Å².